The van der Waals surface area contributed by atoms with Gasteiger partial charge in [-0.3, -0.25) is 24.1 Å². The molecule has 0 fully saturated rings. The molecule has 3 aromatic carbocycles. The molecule has 10 nitrogen and oxygen atoms in total. The van der Waals surface area contributed by atoms with Crippen molar-refractivity contribution in [3.63, 3.8) is 0 Å². The Morgan fingerprint density at radius 2 is 1.59 bits per heavy atom. The molecule has 3 amide bonds. The van der Waals surface area contributed by atoms with Crippen LogP contribution in [0.2, 0.25) is 0 Å². The number of carboxylic acids is 1. The van der Waals surface area contributed by atoms with E-state index >= 15 is 0 Å². The third-order valence-corrected chi connectivity index (χ3v) is 7.13. The number of nitrogens with one attached hydrogen (secondary N) is 2. The summed E-state index contributed by atoms with van der Waals surface area (Å²) in [6.45, 7) is 3.46. The second-order valence-corrected chi connectivity index (χ2v) is 10.1. The van der Waals surface area contributed by atoms with E-state index in [4.69, 9.17) is 5.73 Å². The van der Waals surface area contributed by atoms with Gasteiger partial charge in [0.05, 0.1) is 0 Å². The minimum absolute atomic E-state index is 0.0432. The van der Waals surface area contributed by atoms with Gasteiger partial charge in [0.25, 0.3) is 11.8 Å². The minimum atomic E-state index is -1.76. The maximum Gasteiger partial charge on any atom is 0.303 e. The molecule has 1 unspecified atom stereocenters. The number of aliphatic carboxylic acids is 1. The maximum atomic E-state index is 14.5. The molecule has 212 valence electrons. The van der Waals surface area contributed by atoms with Crippen LogP contribution in [0, 0.1) is 5.92 Å². The molecule has 0 aliphatic heterocycles. The Labute approximate surface area is 236 Å². The van der Waals surface area contributed by atoms with Crippen molar-refractivity contribution >= 4 is 40.3 Å². The lowest BCUT2D eigenvalue weighted by molar-refractivity contribution is -0.137. The van der Waals surface area contributed by atoms with Crippen LogP contribution in [0.3, 0.4) is 0 Å². The zero-order chi connectivity index (χ0) is 29.7. The molecular weight excluding hydrogens is 524 g/mol. The fraction of sp³-hybridized carbons (Fsp3) is 0.226. The number of hydrogen-bond donors (Lipinski definition) is 5. The number of carbonyl (C=O) groups is 4. The highest BCUT2D eigenvalue weighted by Crippen LogP contribution is 2.41. The summed E-state index contributed by atoms with van der Waals surface area (Å²) < 4.78 is 0. The van der Waals surface area contributed by atoms with E-state index in [-0.39, 0.29) is 17.9 Å². The minimum Gasteiger partial charge on any atom is -0.508 e. The summed E-state index contributed by atoms with van der Waals surface area (Å²) in [5.41, 5.74) is 5.90. The number of primary amides is 1. The fourth-order valence-corrected chi connectivity index (χ4v) is 5.17. The number of nitrogens with two attached hydrogens (primary N) is 1. The lowest BCUT2D eigenvalue weighted by Crippen LogP contribution is -2.64. The summed E-state index contributed by atoms with van der Waals surface area (Å²) in [4.78, 5) is 57.2. The molecule has 4 rings (SSSR count). The van der Waals surface area contributed by atoms with Gasteiger partial charge in [0, 0.05) is 23.0 Å². The van der Waals surface area contributed by atoms with E-state index in [1.165, 1.54) is 29.2 Å². The third-order valence-electron chi connectivity index (χ3n) is 7.13. The van der Waals surface area contributed by atoms with Gasteiger partial charge in [-0.15, -0.1) is 0 Å². The Bertz CT molecular complexity index is 1530. The topological polar surface area (TPSA) is 166 Å². The molecule has 0 saturated carbocycles. The summed E-state index contributed by atoms with van der Waals surface area (Å²) in [5, 5.41) is 22.9. The molecule has 4 aromatic rings. The first-order valence-corrected chi connectivity index (χ1v) is 13.1. The molecule has 0 saturated heterocycles. The molecule has 0 aliphatic rings. The van der Waals surface area contributed by atoms with Crippen LogP contribution in [0.15, 0.2) is 84.9 Å². The molecule has 0 radical (unpaired) electrons. The number of H-pyrrole nitrogens is 1. The van der Waals surface area contributed by atoms with Crippen LogP contribution in [-0.4, -0.2) is 44.9 Å². The SMILES string of the molecule is CC(C)C(C(N)=O)(c1ccc(O)cc1)N(C(=O)[C@@H](CCC(=O)O)NC(=O)c1cc2ccccc2[nH]1)c1ccccc1. The number of hydrogen-bond acceptors (Lipinski definition) is 5. The van der Waals surface area contributed by atoms with Gasteiger partial charge in [0.1, 0.15) is 17.5 Å². The van der Waals surface area contributed by atoms with Crippen molar-refractivity contribution in [1.82, 2.24) is 10.3 Å². The van der Waals surface area contributed by atoms with E-state index in [1.54, 1.807) is 56.3 Å². The van der Waals surface area contributed by atoms with Crippen molar-refractivity contribution in [1.29, 1.82) is 0 Å². The maximum absolute atomic E-state index is 14.5. The number of amides is 3. The summed E-state index contributed by atoms with van der Waals surface area (Å²) in [6.07, 6.45) is -0.664. The molecule has 1 heterocycles. The summed E-state index contributed by atoms with van der Waals surface area (Å²) in [6, 6.07) is 21.8. The first kappa shape index (κ1) is 28.9. The van der Waals surface area contributed by atoms with Gasteiger partial charge >= 0.3 is 5.97 Å². The van der Waals surface area contributed by atoms with E-state index in [9.17, 15) is 29.4 Å². The molecule has 2 atom stereocenters. The van der Waals surface area contributed by atoms with Gasteiger partial charge in [-0.1, -0.05) is 62.4 Å². The molecule has 0 bridgehead atoms. The van der Waals surface area contributed by atoms with Crippen molar-refractivity contribution in [2.75, 3.05) is 4.90 Å². The average molecular weight is 557 g/mol. The highest BCUT2D eigenvalue weighted by molar-refractivity contribution is 6.08. The van der Waals surface area contributed by atoms with Gasteiger partial charge in [0.15, 0.2) is 5.54 Å². The molecule has 0 spiro atoms. The lowest BCUT2D eigenvalue weighted by Gasteiger charge is -2.46. The highest BCUT2D eigenvalue weighted by Gasteiger charge is 2.51. The van der Waals surface area contributed by atoms with Crippen LogP contribution in [0.5, 0.6) is 5.75 Å². The van der Waals surface area contributed by atoms with Gasteiger partial charge in [-0.05, 0) is 54.3 Å². The van der Waals surface area contributed by atoms with Crippen molar-refractivity contribution < 1.29 is 29.4 Å². The van der Waals surface area contributed by atoms with Crippen LogP contribution in [0.4, 0.5) is 5.69 Å². The normalized spacial score (nSPS) is 13.3. The van der Waals surface area contributed by atoms with Gasteiger partial charge in [-0.25, -0.2) is 0 Å². The van der Waals surface area contributed by atoms with Crippen molar-refractivity contribution in [2.45, 2.75) is 38.3 Å². The Morgan fingerprint density at radius 3 is 2.17 bits per heavy atom. The lowest BCUT2D eigenvalue weighted by atomic mass is 9.76. The number of carbonyl (C=O) groups excluding carboxylic acids is 3. The fourth-order valence-electron chi connectivity index (χ4n) is 5.17. The van der Waals surface area contributed by atoms with E-state index in [0.29, 0.717) is 11.3 Å². The predicted molar refractivity (Wildman–Crippen MR) is 154 cm³/mol. The molecule has 0 aliphatic carbocycles. The van der Waals surface area contributed by atoms with Gasteiger partial charge < -0.3 is 26.2 Å². The first-order valence-electron chi connectivity index (χ1n) is 13.1. The summed E-state index contributed by atoms with van der Waals surface area (Å²) in [5.74, 6) is -3.96. The van der Waals surface area contributed by atoms with Crippen molar-refractivity contribution in [2.24, 2.45) is 11.7 Å². The third kappa shape index (κ3) is 5.76. The van der Waals surface area contributed by atoms with Crippen molar-refractivity contribution in [3.8, 4) is 5.75 Å². The smallest absolute Gasteiger partial charge is 0.303 e. The van der Waals surface area contributed by atoms with Crippen LogP contribution in [-0.2, 0) is 19.9 Å². The number of rotatable bonds is 11. The van der Waals surface area contributed by atoms with Crippen molar-refractivity contribution in [3.05, 3.63) is 96.2 Å². The number of aromatic amines is 1. The number of fused-ring (bicyclic) bond motifs is 1. The Kier molecular flexibility index (Phi) is 8.42. The number of aromatic hydroxyl groups is 1. The monoisotopic (exact) mass is 556 g/mol. The van der Waals surface area contributed by atoms with E-state index in [1.807, 2.05) is 18.2 Å². The average Bonchev–Trinajstić information content (AvgIpc) is 3.39. The Balaban J connectivity index is 1.85. The second kappa shape index (κ2) is 12.0. The number of phenols is 1. The zero-order valence-electron chi connectivity index (χ0n) is 22.7. The Morgan fingerprint density at radius 1 is 0.951 bits per heavy atom. The summed E-state index contributed by atoms with van der Waals surface area (Å²) >= 11 is 0. The number of aromatic nitrogens is 1. The van der Waals surface area contributed by atoms with E-state index in [0.717, 1.165) is 10.9 Å². The van der Waals surface area contributed by atoms with Gasteiger partial charge in [-0.2, -0.15) is 0 Å². The second-order valence-electron chi connectivity index (χ2n) is 10.1. The number of anilines is 1. The predicted octanol–water partition coefficient (Wildman–Crippen LogP) is 3.91. The quantitative estimate of drug-likeness (QED) is 0.188. The Hall–Kier alpha value is -5.12. The molecule has 41 heavy (non-hydrogen) atoms. The van der Waals surface area contributed by atoms with Crippen LogP contribution >= 0.6 is 0 Å². The van der Waals surface area contributed by atoms with E-state index in [2.05, 4.69) is 10.3 Å². The first-order chi connectivity index (χ1) is 19.5. The summed E-state index contributed by atoms with van der Waals surface area (Å²) in [7, 11) is 0. The number of para-hydroxylation sites is 2. The number of benzene rings is 3. The van der Waals surface area contributed by atoms with Crippen LogP contribution in [0.1, 0.15) is 42.7 Å². The standard InChI is InChI=1S/C31H32N4O6/c1-19(2)31(30(32)41,21-12-14-23(36)15-13-21)35(22-9-4-3-5-10-22)29(40)25(16-17-27(37)38)34-28(39)26-18-20-8-6-7-11-24(20)33-26/h3-15,18-19,25,33,36H,16-17H2,1-2H3,(H2,32,41)(H,34,39)(H,37,38)/t25-,31?/m1/s1. The highest BCUT2D eigenvalue weighted by atomic mass is 16.4. The van der Waals surface area contributed by atoms with Crippen LogP contribution < -0.4 is 16.0 Å². The van der Waals surface area contributed by atoms with E-state index < -0.39 is 47.6 Å². The largest absolute Gasteiger partial charge is 0.508 e. The number of phenolic OH excluding ortho intramolecular Hbond substituents is 1. The van der Waals surface area contributed by atoms with Gasteiger partial charge in [0.2, 0.25) is 5.91 Å². The molecule has 6 N–H and O–H groups in total. The number of carboxylic acid groups (broad SMARTS) is 1. The molecule has 1 aromatic heterocycles. The number of nitrogens with zero attached hydrogens (tertiary/aromatic N) is 1. The zero-order valence-corrected chi connectivity index (χ0v) is 22.7. The molecular formula is C31H32N4O6. The van der Waals surface area contributed by atoms with Crippen LogP contribution in [0.25, 0.3) is 10.9 Å². The molecule has 10 heteroatoms.